The molecule has 116 valence electrons. The van der Waals surface area contributed by atoms with Gasteiger partial charge in [0.05, 0.1) is 5.69 Å². The van der Waals surface area contributed by atoms with Gasteiger partial charge in [-0.1, -0.05) is 0 Å². The standard InChI is InChI=1S/C13H20N4O3S/c1-8-10(9(2)16(3)15-8)6-14-13(20)17-4-5-21-7-11(17)12(18)19/h11H,4-7H2,1-3H3,(H,14,20)(H,18,19). The van der Waals surface area contributed by atoms with Gasteiger partial charge in [-0.3, -0.25) is 4.68 Å². The molecule has 2 rings (SSSR count). The maximum atomic E-state index is 12.2. The van der Waals surface area contributed by atoms with Crippen molar-refractivity contribution >= 4 is 23.8 Å². The molecular formula is C13H20N4O3S. The number of nitrogens with zero attached hydrogens (tertiary/aromatic N) is 3. The Labute approximate surface area is 127 Å². The third-order valence-corrected chi connectivity index (χ3v) is 4.77. The van der Waals surface area contributed by atoms with Crippen LogP contribution in [-0.2, 0) is 18.4 Å². The van der Waals surface area contributed by atoms with E-state index in [1.54, 1.807) is 16.4 Å². The summed E-state index contributed by atoms with van der Waals surface area (Å²) in [7, 11) is 1.86. The van der Waals surface area contributed by atoms with Crippen molar-refractivity contribution in [1.82, 2.24) is 20.0 Å². The number of nitrogens with one attached hydrogen (secondary N) is 1. The number of thioether (sulfide) groups is 1. The quantitative estimate of drug-likeness (QED) is 0.860. The van der Waals surface area contributed by atoms with Gasteiger partial charge < -0.3 is 15.3 Å². The van der Waals surface area contributed by atoms with Gasteiger partial charge in [0, 0.05) is 42.9 Å². The van der Waals surface area contributed by atoms with E-state index in [1.807, 2.05) is 20.9 Å². The van der Waals surface area contributed by atoms with E-state index in [4.69, 9.17) is 0 Å². The van der Waals surface area contributed by atoms with Crippen molar-refractivity contribution in [3.8, 4) is 0 Å². The van der Waals surface area contributed by atoms with E-state index in [9.17, 15) is 14.7 Å². The fourth-order valence-corrected chi connectivity index (χ4v) is 3.43. The van der Waals surface area contributed by atoms with Crippen molar-refractivity contribution in [2.75, 3.05) is 18.1 Å². The number of carboxylic acid groups (broad SMARTS) is 1. The minimum absolute atomic E-state index is 0.328. The fourth-order valence-electron chi connectivity index (χ4n) is 2.39. The van der Waals surface area contributed by atoms with Crippen molar-refractivity contribution in [3.05, 3.63) is 17.0 Å². The number of aromatic nitrogens is 2. The summed E-state index contributed by atoms with van der Waals surface area (Å²) in [4.78, 5) is 24.8. The molecule has 2 amide bonds. The van der Waals surface area contributed by atoms with Gasteiger partial charge in [0.25, 0.3) is 0 Å². The number of urea groups is 1. The summed E-state index contributed by atoms with van der Waals surface area (Å²) in [5.41, 5.74) is 2.85. The maximum absolute atomic E-state index is 12.2. The van der Waals surface area contributed by atoms with Crippen molar-refractivity contribution in [2.45, 2.75) is 26.4 Å². The zero-order chi connectivity index (χ0) is 15.6. The first-order chi connectivity index (χ1) is 9.91. The summed E-state index contributed by atoms with van der Waals surface area (Å²) < 4.78 is 1.77. The predicted molar refractivity (Wildman–Crippen MR) is 80.4 cm³/mol. The number of rotatable bonds is 3. The zero-order valence-corrected chi connectivity index (χ0v) is 13.2. The lowest BCUT2D eigenvalue weighted by molar-refractivity contribution is -0.141. The Kier molecular flexibility index (Phi) is 4.76. The second kappa shape index (κ2) is 6.38. The molecule has 1 aromatic heterocycles. The molecule has 1 atom stereocenters. The molecule has 2 N–H and O–H groups in total. The second-order valence-corrected chi connectivity index (χ2v) is 6.20. The molecule has 1 fully saturated rings. The van der Waals surface area contributed by atoms with Crippen LogP contribution in [0.2, 0.25) is 0 Å². The first kappa shape index (κ1) is 15.7. The van der Waals surface area contributed by atoms with E-state index in [2.05, 4.69) is 10.4 Å². The van der Waals surface area contributed by atoms with Gasteiger partial charge >= 0.3 is 12.0 Å². The van der Waals surface area contributed by atoms with Gasteiger partial charge in [-0.05, 0) is 13.8 Å². The van der Waals surface area contributed by atoms with E-state index in [1.165, 1.54) is 4.90 Å². The molecule has 0 aliphatic carbocycles. The molecule has 0 saturated carbocycles. The first-order valence-electron chi connectivity index (χ1n) is 6.76. The highest BCUT2D eigenvalue weighted by atomic mass is 32.2. The molecule has 0 radical (unpaired) electrons. The topological polar surface area (TPSA) is 87.5 Å². The lowest BCUT2D eigenvalue weighted by Gasteiger charge is -2.32. The molecule has 0 aromatic carbocycles. The second-order valence-electron chi connectivity index (χ2n) is 5.05. The van der Waals surface area contributed by atoms with Gasteiger partial charge in [-0.2, -0.15) is 16.9 Å². The number of hydrogen-bond donors (Lipinski definition) is 2. The van der Waals surface area contributed by atoms with Crippen molar-refractivity contribution in [3.63, 3.8) is 0 Å². The summed E-state index contributed by atoms with van der Waals surface area (Å²) in [6, 6.07) is -1.08. The van der Waals surface area contributed by atoms with Crippen molar-refractivity contribution < 1.29 is 14.7 Å². The summed E-state index contributed by atoms with van der Waals surface area (Å²) >= 11 is 1.56. The van der Waals surface area contributed by atoms with Gasteiger partial charge in [-0.25, -0.2) is 9.59 Å². The van der Waals surface area contributed by atoms with Crippen molar-refractivity contribution in [1.29, 1.82) is 0 Å². The molecule has 1 unspecified atom stereocenters. The molecule has 1 saturated heterocycles. The minimum atomic E-state index is -0.953. The average Bonchev–Trinajstić information content (AvgIpc) is 2.70. The van der Waals surface area contributed by atoms with Crippen LogP contribution in [0.15, 0.2) is 0 Å². The number of aryl methyl sites for hydroxylation is 2. The van der Waals surface area contributed by atoms with Crippen LogP contribution in [0.3, 0.4) is 0 Å². The van der Waals surface area contributed by atoms with E-state index < -0.39 is 12.0 Å². The minimum Gasteiger partial charge on any atom is -0.480 e. The highest BCUT2D eigenvalue weighted by Crippen LogP contribution is 2.17. The first-order valence-corrected chi connectivity index (χ1v) is 7.91. The molecule has 0 spiro atoms. The molecule has 0 bridgehead atoms. The summed E-state index contributed by atoms with van der Waals surface area (Å²) in [5, 5.41) is 16.3. The lowest BCUT2D eigenvalue weighted by atomic mass is 10.2. The SMILES string of the molecule is Cc1nn(C)c(C)c1CNC(=O)N1CCSCC1C(=O)O. The normalized spacial score (nSPS) is 18.6. The Balaban J connectivity index is 2.02. The molecule has 8 heteroatoms. The van der Waals surface area contributed by atoms with Gasteiger partial charge in [0.1, 0.15) is 6.04 Å². The Morgan fingerprint density at radius 1 is 1.48 bits per heavy atom. The van der Waals surface area contributed by atoms with Crippen LogP contribution in [-0.4, -0.2) is 55.9 Å². The van der Waals surface area contributed by atoms with Crippen LogP contribution in [0, 0.1) is 13.8 Å². The number of amides is 2. The van der Waals surface area contributed by atoms with Gasteiger partial charge in [0.15, 0.2) is 0 Å². The lowest BCUT2D eigenvalue weighted by Crippen LogP contribution is -2.53. The maximum Gasteiger partial charge on any atom is 0.327 e. The Hall–Kier alpha value is -1.70. The molecule has 1 aliphatic heterocycles. The van der Waals surface area contributed by atoms with Crippen LogP contribution in [0.1, 0.15) is 17.0 Å². The van der Waals surface area contributed by atoms with Gasteiger partial charge in [-0.15, -0.1) is 0 Å². The largest absolute Gasteiger partial charge is 0.480 e. The highest BCUT2D eigenvalue weighted by Gasteiger charge is 2.32. The van der Waals surface area contributed by atoms with Crippen LogP contribution in [0.5, 0.6) is 0 Å². The number of aliphatic carboxylic acids is 1. The Bertz CT molecular complexity index is 558. The fraction of sp³-hybridized carbons (Fsp3) is 0.615. The molecule has 1 aliphatic rings. The molecule has 2 heterocycles. The third kappa shape index (κ3) is 3.31. The third-order valence-electron chi connectivity index (χ3n) is 3.75. The summed E-state index contributed by atoms with van der Waals surface area (Å²) in [6.07, 6.45) is 0. The molecular weight excluding hydrogens is 292 g/mol. The van der Waals surface area contributed by atoms with E-state index in [-0.39, 0.29) is 6.03 Å². The van der Waals surface area contributed by atoms with Crippen LogP contribution < -0.4 is 5.32 Å². The highest BCUT2D eigenvalue weighted by molar-refractivity contribution is 7.99. The van der Waals surface area contributed by atoms with Gasteiger partial charge in [0.2, 0.25) is 0 Å². The van der Waals surface area contributed by atoms with E-state index >= 15 is 0 Å². The number of carboxylic acids is 1. The van der Waals surface area contributed by atoms with Crippen LogP contribution >= 0.6 is 11.8 Å². The Morgan fingerprint density at radius 2 is 2.19 bits per heavy atom. The monoisotopic (exact) mass is 312 g/mol. The molecule has 1 aromatic rings. The Morgan fingerprint density at radius 3 is 2.76 bits per heavy atom. The van der Waals surface area contributed by atoms with E-state index in [0.29, 0.717) is 18.8 Å². The van der Waals surface area contributed by atoms with Crippen molar-refractivity contribution in [2.24, 2.45) is 7.05 Å². The summed E-state index contributed by atoms with van der Waals surface area (Å²) in [5.74, 6) is 0.252. The predicted octanol–water partition coefficient (Wildman–Crippen LogP) is 0.749. The number of carbonyl (C=O) groups is 2. The van der Waals surface area contributed by atoms with Crippen LogP contribution in [0.25, 0.3) is 0 Å². The smallest absolute Gasteiger partial charge is 0.327 e. The number of carbonyl (C=O) groups excluding carboxylic acids is 1. The summed E-state index contributed by atoms with van der Waals surface area (Å²) in [6.45, 7) is 4.66. The van der Waals surface area contributed by atoms with E-state index in [0.717, 1.165) is 22.7 Å². The average molecular weight is 312 g/mol. The zero-order valence-electron chi connectivity index (χ0n) is 12.4. The molecule has 21 heavy (non-hydrogen) atoms. The number of hydrogen-bond acceptors (Lipinski definition) is 4. The van der Waals surface area contributed by atoms with Crippen LogP contribution in [0.4, 0.5) is 4.79 Å². The molecule has 7 nitrogen and oxygen atoms in total.